The molecule has 2 heterocycles. The molecular weight excluding hydrogens is 445 g/mol. The summed E-state index contributed by atoms with van der Waals surface area (Å²) in [5.74, 6) is -1.24. The van der Waals surface area contributed by atoms with Crippen molar-refractivity contribution in [2.45, 2.75) is 23.6 Å². The van der Waals surface area contributed by atoms with Gasteiger partial charge in [-0.25, -0.2) is 17.8 Å². The smallest absolute Gasteiger partial charge is 0.187 e. The van der Waals surface area contributed by atoms with E-state index in [4.69, 9.17) is 11.6 Å². The summed E-state index contributed by atoms with van der Waals surface area (Å²) in [5.41, 5.74) is 3.19. The van der Waals surface area contributed by atoms with Crippen molar-refractivity contribution in [3.8, 4) is 0 Å². The average Bonchev–Trinajstić information content (AvgIpc) is 3.22. The van der Waals surface area contributed by atoms with Gasteiger partial charge >= 0.3 is 0 Å². The molecule has 1 N–H and O–H groups in total. The van der Waals surface area contributed by atoms with Crippen molar-refractivity contribution in [1.82, 2.24) is 9.97 Å². The molecule has 0 unspecified atom stereocenters. The maximum Gasteiger partial charge on any atom is 0.187 e. The summed E-state index contributed by atoms with van der Waals surface area (Å²) in [7, 11) is -3.91. The number of pyridine rings is 1. The van der Waals surface area contributed by atoms with Gasteiger partial charge in [-0.2, -0.15) is 0 Å². The van der Waals surface area contributed by atoms with Crippen molar-refractivity contribution in [3.05, 3.63) is 81.8 Å². The third kappa shape index (κ3) is 4.16. The second-order valence-corrected chi connectivity index (χ2v) is 9.90. The van der Waals surface area contributed by atoms with Crippen LogP contribution in [0.1, 0.15) is 24.2 Å². The highest BCUT2D eigenvalue weighted by Crippen LogP contribution is 2.33. The average molecular weight is 462 g/mol. The van der Waals surface area contributed by atoms with E-state index in [1.54, 1.807) is 17.8 Å². The standard InChI is InChI=1S/C21H17ClFN3O2S2/c1-13(16-4-2-3-14-5-6-24-9-17(14)16)26-20-8-19(23)21(7-18(20)22)30(27,28)11-15-10-29-12-25-15/h2-10,12-13,26H,11H2,1H3/t13-/m1/s1. The molecule has 1 atom stereocenters. The predicted molar refractivity (Wildman–Crippen MR) is 118 cm³/mol. The van der Waals surface area contributed by atoms with Crippen molar-refractivity contribution in [2.75, 3.05) is 5.32 Å². The molecule has 0 bridgehead atoms. The molecule has 154 valence electrons. The van der Waals surface area contributed by atoms with Crippen LogP contribution in [0.2, 0.25) is 5.02 Å². The van der Waals surface area contributed by atoms with Crippen LogP contribution in [0.4, 0.5) is 10.1 Å². The number of halogens is 2. The Morgan fingerprint density at radius 3 is 2.87 bits per heavy atom. The lowest BCUT2D eigenvalue weighted by Crippen LogP contribution is -2.11. The monoisotopic (exact) mass is 461 g/mol. The van der Waals surface area contributed by atoms with E-state index in [1.807, 2.05) is 31.2 Å². The topological polar surface area (TPSA) is 72.0 Å². The van der Waals surface area contributed by atoms with E-state index >= 15 is 0 Å². The Morgan fingerprint density at radius 1 is 1.27 bits per heavy atom. The van der Waals surface area contributed by atoms with Gasteiger partial charge in [-0.05, 0) is 36.1 Å². The van der Waals surface area contributed by atoms with Crippen LogP contribution in [0.3, 0.4) is 0 Å². The zero-order valence-electron chi connectivity index (χ0n) is 15.8. The number of aromatic nitrogens is 2. The number of rotatable bonds is 6. The number of hydrogen-bond acceptors (Lipinski definition) is 6. The van der Waals surface area contributed by atoms with Gasteiger partial charge in [0.15, 0.2) is 9.84 Å². The molecule has 0 saturated heterocycles. The molecule has 0 aliphatic rings. The molecule has 0 aliphatic heterocycles. The molecular formula is C21H17ClFN3O2S2. The van der Waals surface area contributed by atoms with Crippen LogP contribution in [0.25, 0.3) is 10.8 Å². The lowest BCUT2D eigenvalue weighted by Gasteiger charge is -2.19. The zero-order valence-corrected chi connectivity index (χ0v) is 18.2. The molecule has 0 spiro atoms. The fourth-order valence-electron chi connectivity index (χ4n) is 3.28. The Kier molecular flexibility index (Phi) is 5.73. The van der Waals surface area contributed by atoms with E-state index in [0.717, 1.165) is 28.5 Å². The van der Waals surface area contributed by atoms with Crippen molar-refractivity contribution in [3.63, 3.8) is 0 Å². The van der Waals surface area contributed by atoms with E-state index in [0.29, 0.717) is 11.4 Å². The number of sulfone groups is 1. The highest BCUT2D eigenvalue weighted by Gasteiger charge is 2.23. The zero-order chi connectivity index (χ0) is 21.3. The first-order chi connectivity index (χ1) is 14.3. The summed E-state index contributed by atoms with van der Waals surface area (Å²) in [6, 6.07) is 9.86. The first-order valence-corrected chi connectivity index (χ1v) is 12.0. The van der Waals surface area contributed by atoms with Crippen molar-refractivity contribution in [1.29, 1.82) is 0 Å². The molecule has 0 aliphatic carbocycles. The summed E-state index contributed by atoms with van der Waals surface area (Å²) in [6.45, 7) is 1.92. The summed E-state index contributed by atoms with van der Waals surface area (Å²) in [5, 5.41) is 6.93. The van der Waals surface area contributed by atoms with Gasteiger partial charge in [-0.1, -0.05) is 29.8 Å². The maximum atomic E-state index is 14.8. The van der Waals surface area contributed by atoms with Crippen molar-refractivity contribution >= 4 is 49.2 Å². The van der Waals surface area contributed by atoms with E-state index < -0.39 is 20.5 Å². The van der Waals surface area contributed by atoms with E-state index in [2.05, 4.69) is 15.3 Å². The minimum atomic E-state index is -3.91. The predicted octanol–water partition coefficient (Wildman–Crippen LogP) is 5.63. The van der Waals surface area contributed by atoms with Gasteiger partial charge in [0.05, 0.1) is 27.7 Å². The molecule has 4 rings (SSSR count). The normalized spacial score (nSPS) is 12.8. The Morgan fingerprint density at radius 2 is 2.10 bits per heavy atom. The molecule has 4 aromatic rings. The van der Waals surface area contributed by atoms with Gasteiger partial charge in [0.2, 0.25) is 0 Å². The third-order valence-electron chi connectivity index (χ3n) is 4.73. The highest BCUT2D eigenvalue weighted by molar-refractivity contribution is 7.90. The molecule has 0 fully saturated rings. The first-order valence-electron chi connectivity index (χ1n) is 9.03. The molecule has 30 heavy (non-hydrogen) atoms. The number of fused-ring (bicyclic) bond motifs is 1. The summed E-state index contributed by atoms with van der Waals surface area (Å²) >= 11 is 7.60. The SMILES string of the molecule is C[C@@H](Nc1cc(F)c(S(=O)(=O)Cc2cscn2)cc1Cl)c1cccc2ccncc12. The van der Waals surface area contributed by atoms with Gasteiger partial charge in [-0.15, -0.1) is 11.3 Å². The molecule has 0 saturated carbocycles. The maximum absolute atomic E-state index is 14.8. The van der Waals surface area contributed by atoms with E-state index in [-0.39, 0.29) is 16.8 Å². The van der Waals surface area contributed by atoms with E-state index in [9.17, 15) is 12.8 Å². The molecule has 0 amide bonds. The summed E-state index contributed by atoms with van der Waals surface area (Å²) < 4.78 is 40.0. The number of benzene rings is 2. The van der Waals surface area contributed by atoms with Crippen LogP contribution in [-0.4, -0.2) is 18.4 Å². The number of nitrogens with one attached hydrogen (secondary N) is 1. The fourth-order valence-corrected chi connectivity index (χ4v) is 5.59. The quantitative estimate of drug-likeness (QED) is 0.403. The van der Waals surface area contributed by atoms with Gasteiger partial charge in [0.1, 0.15) is 10.7 Å². The number of anilines is 1. The van der Waals surface area contributed by atoms with Crippen LogP contribution in [-0.2, 0) is 15.6 Å². The Bertz CT molecular complexity index is 1310. The lowest BCUT2D eigenvalue weighted by atomic mass is 10.0. The Balaban J connectivity index is 1.63. The largest absolute Gasteiger partial charge is 0.377 e. The van der Waals surface area contributed by atoms with Crippen LogP contribution in [0, 0.1) is 5.82 Å². The Hall–Kier alpha value is -2.55. The molecule has 0 radical (unpaired) electrons. The van der Waals surface area contributed by atoms with E-state index in [1.165, 1.54) is 16.8 Å². The van der Waals surface area contributed by atoms with Gasteiger partial charge in [-0.3, -0.25) is 4.98 Å². The van der Waals surface area contributed by atoms with Gasteiger partial charge in [0, 0.05) is 29.2 Å². The number of thiazole rings is 1. The van der Waals surface area contributed by atoms with Gasteiger partial charge in [0.25, 0.3) is 0 Å². The second-order valence-electron chi connectivity index (χ2n) is 6.81. The summed E-state index contributed by atoms with van der Waals surface area (Å²) in [6.07, 6.45) is 3.50. The fraction of sp³-hybridized carbons (Fsp3) is 0.143. The Labute approximate surface area is 182 Å². The van der Waals surface area contributed by atoms with Crippen molar-refractivity contribution in [2.24, 2.45) is 0 Å². The second kappa shape index (κ2) is 8.29. The molecule has 9 heteroatoms. The van der Waals surface area contributed by atoms with Crippen LogP contribution < -0.4 is 5.32 Å². The molecule has 2 aromatic heterocycles. The lowest BCUT2D eigenvalue weighted by molar-refractivity contribution is 0.566. The van der Waals surface area contributed by atoms with Crippen molar-refractivity contribution < 1.29 is 12.8 Å². The number of nitrogens with zero attached hydrogens (tertiary/aromatic N) is 2. The third-order valence-corrected chi connectivity index (χ3v) is 7.34. The first kappa shape index (κ1) is 20.7. The van der Waals surface area contributed by atoms with Gasteiger partial charge < -0.3 is 5.32 Å². The van der Waals surface area contributed by atoms with Crippen LogP contribution in [0.15, 0.2) is 64.6 Å². The minimum absolute atomic E-state index is 0.124. The summed E-state index contributed by atoms with van der Waals surface area (Å²) in [4.78, 5) is 7.70. The van der Waals surface area contributed by atoms with Crippen LogP contribution >= 0.6 is 22.9 Å². The molecule has 2 aromatic carbocycles. The highest BCUT2D eigenvalue weighted by atomic mass is 35.5. The molecule has 5 nitrogen and oxygen atoms in total. The number of hydrogen-bond donors (Lipinski definition) is 1. The minimum Gasteiger partial charge on any atom is -0.377 e. The van der Waals surface area contributed by atoms with Crippen LogP contribution in [0.5, 0.6) is 0 Å².